The number of aromatic hydroxyl groups is 1. The van der Waals surface area contributed by atoms with Gasteiger partial charge < -0.3 is 15.2 Å². The van der Waals surface area contributed by atoms with Crippen LogP contribution in [0.4, 0.5) is 0 Å². The summed E-state index contributed by atoms with van der Waals surface area (Å²) in [6.07, 6.45) is 0. The van der Waals surface area contributed by atoms with Crippen LogP contribution in [0, 0.1) is 0 Å². The van der Waals surface area contributed by atoms with E-state index in [4.69, 9.17) is 16.3 Å². The number of carbonyl (C=O) groups excluding carboxylic acids is 1. The molecule has 104 valence electrons. The highest BCUT2D eigenvalue weighted by atomic mass is 35.5. The molecule has 0 saturated carbocycles. The molecule has 4 nitrogen and oxygen atoms in total. The number of methoxy groups -OCH3 is 1. The van der Waals surface area contributed by atoms with Crippen LogP contribution in [0.25, 0.3) is 0 Å². The van der Waals surface area contributed by atoms with Gasteiger partial charge in [0.25, 0.3) is 5.91 Å². The summed E-state index contributed by atoms with van der Waals surface area (Å²) >= 11 is 5.73. The zero-order valence-corrected chi connectivity index (χ0v) is 11.6. The Labute approximate surface area is 122 Å². The van der Waals surface area contributed by atoms with Crippen LogP contribution in [0.15, 0.2) is 42.5 Å². The molecule has 0 fully saturated rings. The minimum Gasteiger partial charge on any atom is -0.507 e. The van der Waals surface area contributed by atoms with Gasteiger partial charge in [-0.05, 0) is 24.3 Å². The zero-order valence-electron chi connectivity index (χ0n) is 10.9. The van der Waals surface area contributed by atoms with Crippen LogP contribution < -0.4 is 10.1 Å². The van der Waals surface area contributed by atoms with Crippen LogP contribution in [0.2, 0.25) is 5.02 Å². The van der Waals surface area contributed by atoms with E-state index in [0.29, 0.717) is 17.3 Å². The fourth-order valence-electron chi connectivity index (χ4n) is 1.82. The monoisotopic (exact) mass is 291 g/mol. The van der Waals surface area contributed by atoms with Gasteiger partial charge in [-0.2, -0.15) is 0 Å². The SMILES string of the molecule is COc1ccccc1CNC(=O)c1ccc(Cl)cc1O. The van der Waals surface area contributed by atoms with Crippen LogP contribution in [0.3, 0.4) is 0 Å². The maximum Gasteiger partial charge on any atom is 0.255 e. The summed E-state index contributed by atoms with van der Waals surface area (Å²) in [5.74, 6) is 0.188. The van der Waals surface area contributed by atoms with Crippen LogP contribution in [0.1, 0.15) is 15.9 Å². The van der Waals surface area contributed by atoms with E-state index in [1.165, 1.54) is 12.1 Å². The number of para-hydroxylation sites is 1. The van der Waals surface area contributed by atoms with Crippen molar-refractivity contribution in [3.05, 3.63) is 58.6 Å². The van der Waals surface area contributed by atoms with E-state index >= 15 is 0 Å². The molecule has 0 spiro atoms. The lowest BCUT2D eigenvalue weighted by Crippen LogP contribution is -2.23. The second-order valence-corrected chi connectivity index (χ2v) is 4.59. The molecule has 2 N–H and O–H groups in total. The number of halogens is 1. The standard InChI is InChI=1S/C15H14ClNO3/c1-20-14-5-3-2-4-10(14)9-17-15(19)12-7-6-11(16)8-13(12)18/h2-8,18H,9H2,1H3,(H,17,19). The van der Waals surface area contributed by atoms with Gasteiger partial charge in [-0.25, -0.2) is 0 Å². The summed E-state index contributed by atoms with van der Waals surface area (Å²) in [6, 6.07) is 11.8. The molecule has 0 aliphatic rings. The molecule has 2 aromatic carbocycles. The summed E-state index contributed by atoms with van der Waals surface area (Å²) in [5.41, 5.74) is 1.04. The molecule has 0 aliphatic heterocycles. The van der Waals surface area contributed by atoms with E-state index in [0.717, 1.165) is 5.56 Å². The average Bonchev–Trinajstić information content (AvgIpc) is 2.45. The van der Waals surface area contributed by atoms with Gasteiger partial charge in [-0.15, -0.1) is 0 Å². The first-order valence-corrected chi connectivity index (χ1v) is 6.38. The first-order valence-electron chi connectivity index (χ1n) is 6.00. The summed E-state index contributed by atoms with van der Waals surface area (Å²) in [4.78, 5) is 12.0. The van der Waals surface area contributed by atoms with Crippen molar-refractivity contribution in [1.82, 2.24) is 5.32 Å². The van der Waals surface area contributed by atoms with E-state index in [2.05, 4.69) is 5.32 Å². The highest BCUT2D eigenvalue weighted by Gasteiger charge is 2.12. The highest BCUT2D eigenvalue weighted by molar-refractivity contribution is 6.30. The molecular formula is C15H14ClNO3. The third-order valence-corrected chi connectivity index (χ3v) is 3.07. The first-order chi connectivity index (χ1) is 9.61. The molecule has 0 radical (unpaired) electrons. The van der Waals surface area contributed by atoms with Crippen LogP contribution in [0.5, 0.6) is 11.5 Å². The zero-order chi connectivity index (χ0) is 14.5. The lowest BCUT2D eigenvalue weighted by atomic mass is 10.1. The Morgan fingerprint density at radius 1 is 1.30 bits per heavy atom. The average molecular weight is 292 g/mol. The molecule has 1 amide bonds. The lowest BCUT2D eigenvalue weighted by Gasteiger charge is -2.10. The predicted octanol–water partition coefficient (Wildman–Crippen LogP) is 2.98. The van der Waals surface area contributed by atoms with Gasteiger partial charge in [0.15, 0.2) is 0 Å². The summed E-state index contributed by atoms with van der Waals surface area (Å²) < 4.78 is 5.20. The van der Waals surface area contributed by atoms with Crippen LogP contribution >= 0.6 is 11.6 Å². The lowest BCUT2D eigenvalue weighted by molar-refractivity contribution is 0.0948. The second kappa shape index (κ2) is 6.30. The van der Waals surface area contributed by atoms with Crippen molar-refractivity contribution in [3.63, 3.8) is 0 Å². The Balaban J connectivity index is 2.09. The summed E-state index contributed by atoms with van der Waals surface area (Å²) in [7, 11) is 1.58. The third-order valence-electron chi connectivity index (χ3n) is 2.84. The van der Waals surface area contributed by atoms with E-state index < -0.39 is 0 Å². The fraction of sp³-hybridized carbons (Fsp3) is 0.133. The molecule has 0 aliphatic carbocycles. The number of ether oxygens (including phenoxy) is 1. The van der Waals surface area contributed by atoms with Crippen molar-refractivity contribution in [2.75, 3.05) is 7.11 Å². The predicted molar refractivity (Wildman–Crippen MR) is 77.3 cm³/mol. The molecule has 0 aromatic heterocycles. The maximum absolute atomic E-state index is 12.0. The number of amides is 1. The molecule has 2 aromatic rings. The Bertz CT molecular complexity index is 628. The maximum atomic E-state index is 12.0. The van der Waals surface area contributed by atoms with Gasteiger partial charge in [0.2, 0.25) is 0 Å². The van der Waals surface area contributed by atoms with Crippen molar-refractivity contribution in [1.29, 1.82) is 0 Å². The summed E-state index contributed by atoms with van der Waals surface area (Å²) in [6.45, 7) is 0.310. The normalized spacial score (nSPS) is 10.1. The molecule has 20 heavy (non-hydrogen) atoms. The fourth-order valence-corrected chi connectivity index (χ4v) is 1.98. The van der Waals surface area contributed by atoms with Gasteiger partial charge >= 0.3 is 0 Å². The Hall–Kier alpha value is -2.20. The minimum absolute atomic E-state index is 0.143. The number of phenolic OH excluding ortho intramolecular Hbond substituents is 1. The van der Waals surface area contributed by atoms with E-state index in [-0.39, 0.29) is 17.2 Å². The molecule has 0 atom stereocenters. The Kier molecular flexibility index (Phi) is 4.48. The van der Waals surface area contributed by atoms with Crippen molar-refractivity contribution in [3.8, 4) is 11.5 Å². The van der Waals surface area contributed by atoms with Gasteiger partial charge in [-0.3, -0.25) is 4.79 Å². The molecule has 2 rings (SSSR count). The highest BCUT2D eigenvalue weighted by Crippen LogP contribution is 2.22. The van der Waals surface area contributed by atoms with Crippen molar-refractivity contribution in [2.24, 2.45) is 0 Å². The molecule has 5 heteroatoms. The van der Waals surface area contributed by atoms with E-state index in [1.54, 1.807) is 13.2 Å². The number of phenols is 1. The van der Waals surface area contributed by atoms with E-state index in [1.807, 2.05) is 24.3 Å². The van der Waals surface area contributed by atoms with Crippen molar-refractivity contribution < 1.29 is 14.6 Å². The third kappa shape index (κ3) is 3.22. The number of benzene rings is 2. The summed E-state index contributed by atoms with van der Waals surface area (Å²) in [5, 5.41) is 12.8. The molecule has 0 bridgehead atoms. The first kappa shape index (κ1) is 14.2. The topological polar surface area (TPSA) is 58.6 Å². The number of carbonyl (C=O) groups is 1. The molecule has 0 heterocycles. The minimum atomic E-state index is -0.370. The van der Waals surface area contributed by atoms with Gasteiger partial charge in [-0.1, -0.05) is 29.8 Å². The quantitative estimate of drug-likeness (QED) is 0.910. The number of hydrogen-bond donors (Lipinski definition) is 2. The van der Waals surface area contributed by atoms with Crippen LogP contribution in [-0.2, 0) is 6.54 Å². The van der Waals surface area contributed by atoms with E-state index in [9.17, 15) is 9.90 Å². The smallest absolute Gasteiger partial charge is 0.255 e. The number of rotatable bonds is 4. The second-order valence-electron chi connectivity index (χ2n) is 4.16. The van der Waals surface area contributed by atoms with Gasteiger partial charge in [0, 0.05) is 17.1 Å². The van der Waals surface area contributed by atoms with Gasteiger partial charge in [0.1, 0.15) is 11.5 Å². The Morgan fingerprint density at radius 2 is 2.05 bits per heavy atom. The van der Waals surface area contributed by atoms with Crippen LogP contribution in [-0.4, -0.2) is 18.1 Å². The number of hydrogen-bond acceptors (Lipinski definition) is 3. The van der Waals surface area contributed by atoms with Gasteiger partial charge in [0.05, 0.1) is 12.7 Å². The largest absolute Gasteiger partial charge is 0.507 e. The van der Waals surface area contributed by atoms with Crippen molar-refractivity contribution in [2.45, 2.75) is 6.54 Å². The molecule has 0 unspecified atom stereocenters. The Morgan fingerprint density at radius 3 is 2.75 bits per heavy atom. The molecular weight excluding hydrogens is 278 g/mol. The molecule has 0 saturated heterocycles. The van der Waals surface area contributed by atoms with Crippen molar-refractivity contribution >= 4 is 17.5 Å². The number of nitrogens with one attached hydrogen (secondary N) is 1.